The minimum Gasteiger partial charge on any atom is -0.391 e. The maximum absolute atomic E-state index is 11.6. The Kier molecular flexibility index (Phi) is 6.17. The predicted octanol–water partition coefficient (Wildman–Crippen LogP) is 0.877. The van der Waals surface area contributed by atoms with E-state index in [2.05, 4.69) is 5.32 Å². The lowest BCUT2D eigenvalue weighted by Crippen LogP contribution is -2.48. The van der Waals surface area contributed by atoms with E-state index in [1.165, 1.54) is 13.8 Å². The quantitative estimate of drug-likeness (QED) is 0.691. The second-order valence-electron chi connectivity index (χ2n) is 4.03. The molecule has 0 aliphatic carbocycles. The second kappa shape index (κ2) is 6.56. The Morgan fingerprint density at radius 3 is 2.20 bits per heavy atom. The molecule has 0 spiro atoms. The van der Waals surface area contributed by atoms with E-state index >= 15 is 0 Å². The number of Topliss-reactive ketones (excluding diaryl/α,β-unsaturated/α-hetero) is 1. The highest BCUT2D eigenvalue weighted by atomic mass is 16.3. The zero-order chi connectivity index (χ0) is 12.0. The number of aliphatic hydroxyl groups is 1. The Hall–Kier alpha value is -0.900. The van der Waals surface area contributed by atoms with Crippen molar-refractivity contribution in [2.24, 2.45) is 5.92 Å². The first-order valence-corrected chi connectivity index (χ1v) is 5.39. The summed E-state index contributed by atoms with van der Waals surface area (Å²) in [5, 5.41) is 11.9. The minimum atomic E-state index is -0.847. The van der Waals surface area contributed by atoms with Crippen molar-refractivity contribution in [3.8, 4) is 0 Å². The van der Waals surface area contributed by atoms with E-state index in [1.807, 2.05) is 13.8 Å². The average molecular weight is 215 g/mol. The Balaban J connectivity index is 4.29. The molecule has 0 heterocycles. The Morgan fingerprint density at radius 1 is 1.33 bits per heavy atom. The highest BCUT2D eigenvalue weighted by molar-refractivity contribution is 5.88. The number of aliphatic hydroxyl groups excluding tert-OH is 1. The molecule has 0 aliphatic heterocycles. The molecule has 0 radical (unpaired) electrons. The van der Waals surface area contributed by atoms with Gasteiger partial charge in [0.25, 0.3) is 0 Å². The van der Waals surface area contributed by atoms with Crippen LogP contribution in [0.25, 0.3) is 0 Å². The third kappa shape index (κ3) is 4.93. The van der Waals surface area contributed by atoms with Gasteiger partial charge < -0.3 is 10.4 Å². The fraction of sp³-hybridized carbons (Fsp3) is 0.818. The standard InChI is InChI=1S/C11H21NO3/c1-5-6-7(2)11(15)12-10(8(3)13)9(4)14/h7-8,10,13H,5-6H2,1-4H3,(H,12,15)/t7-,8+,10-/m0/s1. The monoisotopic (exact) mass is 215 g/mol. The molecule has 4 heteroatoms. The molecule has 0 bridgehead atoms. The van der Waals surface area contributed by atoms with Crippen molar-refractivity contribution in [1.29, 1.82) is 0 Å². The summed E-state index contributed by atoms with van der Waals surface area (Å²) in [6.07, 6.45) is 0.866. The molecule has 15 heavy (non-hydrogen) atoms. The lowest BCUT2D eigenvalue weighted by molar-refractivity contribution is -0.131. The Morgan fingerprint density at radius 2 is 1.87 bits per heavy atom. The van der Waals surface area contributed by atoms with Crippen molar-refractivity contribution in [3.63, 3.8) is 0 Å². The largest absolute Gasteiger partial charge is 0.391 e. The van der Waals surface area contributed by atoms with E-state index in [1.54, 1.807) is 0 Å². The number of hydrogen-bond acceptors (Lipinski definition) is 3. The van der Waals surface area contributed by atoms with Gasteiger partial charge in [0, 0.05) is 5.92 Å². The minimum absolute atomic E-state index is 0.115. The SMILES string of the molecule is CCC[C@H](C)C(=O)N[C@H](C(C)=O)[C@@H](C)O. The third-order valence-electron chi connectivity index (χ3n) is 2.39. The Labute approximate surface area is 91.1 Å². The van der Waals surface area contributed by atoms with Crippen LogP contribution in [0, 0.1) is 5.92 Å². The highest BCUT2D eigenvalue weighted by Crippen LogP contribution is 2.06. The maximum atomic E-state index is 11.6. The zero-order valence-electron chi connectivity index (χ0n) is 9.91. The van der Waals surface area contributed by atoms with E-state index in [0.717, 1.165) is 12.8 Å². The van der Waals surface area contributed by atoms with E-state index in [4.69, 9.17) is 0 Å². The summed E-state index contributed by atoms with van der Waals surface area (Å²) in [7, 11) is 0. The third-order valence-corrected chi connectivity index (χ3v) is 2.39. The second-order valence-corrected chi connectivity index (χ2v) is 4.03. The first-order chi connectivity index (χ1) is 6.90. The van der Waals surface area contributed by atoms with E-state index < -0.39 is 12.1 Å². The molecule has 0 aromatic heterocycles. The molecule has 0 aromatic carbocycles. The van der Waals surface area contributed by atoms with Crippen molar-refractivity contribution in [1.82, 2.24) is 5.32 Å². The molecular formula is C11H21NO3. The maximum Gasteiger partial charge on any atom is 0.223 e. The summed E-state index contributed by atoms with van der Waals surface area (Å²) < 4.78 is 0. The normalized spacial score (nSPS) is 16.6. The Bertz CT molecular complexity index is 226. The van der Waals surface area contributed by atoms with Gasteiger partial charge in [0.1, 0.15) is 6.04 Å². The molecular weight excluding hydrogens is 194 g/mol. The van der Waals surface area contributed by atoms with Gasteiger partial charge in [0.05, 0.1) is 6.10 Å². The molecule has 0 unspecified atom stereocenters. The van der Waals surface area contributed by atoms with Crippen LogP contribution in [0.3, 0.4) is 0 Å². The first kappa shape index (κ1) is 14.1. The molecule has 4 nitrogen and oxygen atoms in total. The van der Waals surface area contributed by atoms with Crippen molar-refractivity contribution in [3.05, 3.63) is 0 Å². The van der Waals surface area contributed by atoms with Crippen LogP contribution in [-0.4, -0.2) is 28.9 Å². The number of rotatable bonds is 6. The molecule has 88 valence electrons. The van der Waals surface area contributed by atoms with Crippen LogP contribution in [0.15, 0.2) is 0 Å². The molecule has 0 aromatic rings. The van der Waals surface area contributed by atoms with Crippen molar-refractivity contribution in [2.45, 2.75) is 52.7 Å². The van der Waals surface area contributed by atoms with Crippen LogP contribution >= 0.6 is 0 Å². The van der Waals surface area contributed by atoms with Gasteiger partial charge in [-0.1, -0.05) is 20.3 Å². The van der Waals surface area contributed by atoms with E-state index in [-0.39, 0.29) is 17.6 Å². The van der Waals surface area contributed by atoms with E-state index in [9.17, 15) is 14.7 Å². The number of carbonyl (C=O) groups excluding carboxylic acids is 2. The lowest BCUT2D eigenvalue weighted by Gasteiger charge is -2.20. The van der Waals surface area contributed by atoms with Crippen LogP contribution in [0.1, 0.15) is 40.5 Å². The van der Waals surface area contributed by atoms with Crippen LogP contribution < -0.4 is 5.32 Å². The van der Waals surface area contributed by atoms with Gasteiger partial charge in [-0.2, -0.15) is 0 Å². The van der Waals surface area contributed by atoms with Gasteiger partial charge in [-0.25, -0.2) is 0 Å². The summed E-state index contributed by atoms with van der Waals surface area (Å²) in [4.78, 5) is 22.7. The summed E-state index contributed by atoms with van der Waals surface area (Å²) in [6.45, 7) is 6.68. The molecule has 0 saturated heterocycles. The number of ketones is 1. The zero-order valence-corrected chi connectivity index (χ0v) is 9.91. The number of carbonyl (C=O) groups is 2. The first-order valence-electron chi connectivity index (χ1n) is 5.39. The van der Waals surface area contributed by atoms with Crippen molar-refractivity contribution in [2.75, 3.05) is 0 Å². The van der Waals surface area contributed by atoms with Crippen LogP contribution in [0.4, 0.5) is 0 Å². The molecule has 0 saturated carbocycles. The summed E-state index contributed by atoms with van der Waals surface area (Å²) in [6, 6.07) is -0.781. The van der Waals surface area contributed by atoms with Crippen molar-refractivity contribution < 1.29 is 14.7 Å². The average Bonchev–Trinajstić information content (AvgIpc) is 2.12. The van der Waals surface area contributed by atoms with Gasteiger partial charge in [-0.15, -0.1) is 0 Å². The fourth-order valence-electron chi connectivity index (χ4n) is 1.42. The number of hydrogen-bond donors (Lipinski definition) is 2. The fourth-order valence-corrected chi connectivity index (χ4v) is 1.42. The highest BCUT2D eigenvalue weighted by Gasteiger charge is 2.23. The van der Waals surface area contributed by atoms with Crippen LogP contribution in [0.2, 0.25) is 0 Å². The predicted molar refractivity (Wildman–Crippen MR) is 58.4 cm³/mol. The summed E-state index contributed by atoms with van der Waals surface area (Å²) in [5.41, 5.74) is 0. The van der Waals surface area contributed by atoms with Gasteiger partial charge >= 0.3 is 0 Å². The van der Waals surface area contributed by atoms with Gasteiger partial charge in [-0.05, 0) is 20.3 Å². The van der Waals surface area contributed by atoms with Crippen molar-refractivity contribution >= 4 is 11.7 Å². The molecule has 0 rings (SSSR count). The van der Waals surface area contributed by atoms with Gasteiger partial charge in [-0.3, -0.25) is 9.59 Å². The summed E-state index contributed by atoms with van der Waals surface area (Å²) in [5.74, 6) is -0.504. The van der Waals surface area contributed by atoms with E-state index in [0.29, 0.717) is 0 Å². The number of nitrogens with one attached hydrogen (secondary N) is 1. The summed E-state index contributed by atoms with van der Waals surface area (Å²) >= 11 is 0. The van der Waals surface area contributed by atoms with Gasteiger partial charge in [0.15, 0.2) is 5.78 Å². The number of amides is 1. The van der Waals surface area contributed by atoms with Crippen LogP contribution in [0.5, 0.6) is 0 Å². The van der Waals surface area contributed by atoms with Gasteiger partial charge in [0.2, 0.25) is 5.91 Å². The van der Waals surface area contributed by atoms with Crippen LogP contribution in [-0.2, 0) is 9.59 Å². The molecule has 3 atom stereocenters. The molecule has 1 amide bonds. The smallest absolute Gasteiger partial charge is 0.223 e. The molecule has 2 N–H and O–H groups in total. The topological polar surface area (TPSA) is 66.4 Å². The molecule has 0 fully saturated rings. The lowest BCUT2D eigenvalue weighted by atomic mass is 10.0. The molecule has 0 aliphatic rings.